The molecule has 38 heavy (non-hydrogen) atoms. The lowest BCUT2D eigenvalue weighted by molar-refractivity contribution is 0.0619. The topological polar surface area (TPSA) is 105 Å². The molecular formula is C29H23FN4O4. The zero-order valence-electron chi connectivity index (χ0n) is 20.3. The number of carbonyl (C=O) groups is 2. The standard InChI is InChI=1S/C29H23FN4O4/c30-25-7-4-17(11-26-23-13-21(37-20-2-1-3-20)5-6-22(23)29(36)38-26)10-24(25)28(35)34-15-19(16-34)33-27-12-18(14-31)8-9-32-27/h4-13,19-20H,1-3,15-16H2,(H,32,33)/b26-11-. The van der Waals surface area contributed by atoms with Gasteiger partial charge in [-0.25, -0.2) is 14.2 Å². The van der Waals surface area contributed by atoms with Crippen LogP contribution in [0, 0.1) is 17.1 Å². The number of nitrogens with one attached hydrogen (secondary N) is 1. The summed E-state index contributed by atoms with van der Waals surface area (Å²) in [5.74, 6) is 0.0244. The van der Waals surface area contributed by atoms with Crippen molar-refractivity contribution in [3.8, 4) is 11.8 Å². The lowest BCUT2D eigenvalue weighted by Crippen LogP contribution is -2.57. The Labute approximate surface area is 218 Å². The first-order valence-corrected chi connectivity index (χ1v) is 12.4. The number of likely N-dealkylation sites (tertiary alicyclic amines) is 1. The van der Waals surface area contributed by atoms with E-state index in [0.717, 1.165) is 19.3 Å². The Hall–Kier alpha value is -4.71. The van der Waals surface area contributed by atoms with E-state index < -0.39 is 17.7 Å². The third-order valence-electron chi connectivity index (χ3n) is 6.96. The Bertz CT molecular complexity index is 1520. The molecule has 3 aliphatic rings. The minimum absolute atomic E-state index is 0.0560. The minimum Gasteiger partial charge on any atom is -0.490 e. The molecule has 3 heterocycles. The highest BCUT2D eigenvalue weighted by molar-refractivity contribution is 6.06. The third-order valence-corrected chi connectivity index (χ3v) is 6.96. The molecule has 0 bridgehead atoms. The fourth-order valence-electron chi connectivity index (χ4n) is 4.62. The molecule has 2 aromatic carbocycles. The smallest absolute Gasteiger partial charge is 0.344 e. The van der Waals surface area contributed by atoms with Gasteiger partial charge in [0.15, 0.2) is 0 Å². The van der Waals surface area contributed by atoms with Crippen LogP contribution in [0.5, 0.6) is 5.75 Å². The number of nitriles is 1. The van der Waals surface area contributed by atoms with E-state index in [1.807, 2.05) is 0 Å². The number of rotatable bonds is 6. The van der Waals surface area contributed by atoms with E-state index in [-0.39, 0.29) is 17.7 Å². The summed E-state index contributed by atoms with van der Waals surface area (Å²) in [5, 5.41) is 12.2. The highest BCUT2D eigenvalue weighted by atomic mass is 19.1. The lowest BCUT2D eigenvalue weighted by atomic mass is 9.96. The van der Waals surface area contributed by atoms with Crippen LogP contribution in [0.1, 0.15) is 56.7 Å². The highest BCUT2D eigenvalue weighted by Crippen LogP contribution is 2.35. The van der Waals surface area contributed by atoms with Crippen molar-refractivity contribution < 1.29 is 23.5 Å². The predicted octanol–water partition coefficient (Wildman–Crippen LogP) is 4.63. The number of amides is 1. The summed E-state index contributed by atoms with van der Waals surface area (Å²) >= 11 is 0. The summed E-state index contributed by atoms with van der Waals surface area (Å²) in [7, 11) is 0. The second kappa shape index (κ2) is 9.63. The molecule has 1 aromatic heterocycles. The Balaban J connectivity index is 1.17. The van der Waals surface area contributed by atoms with Crippen molar-refractivity contribution in [1.82, 2.24) is 9.88 Å². The van der Waals surface area contributed by atoms with Crippen LogP contribution < -0.4 is 10.1 Å². The van der Waals surface area contributed by atoms with Crippen molar-refractivity contribution in [2.75, 3.05) is 18.4 Å². The maximum atomic E-state index is 14.7. The number of ether oxygens (including phenoxy) is 2. The van der Waals surface area contributed by atoms with Gasteiger partial charge in [0.25, 0.3) is 5.91 Å². The first kappa shape index (κ1) is 23.7. The number of carbonyl (C=O) groups excluding carboxylic acids is 2. The fraction of sp³-hybridized carbons (Fsp3) is 0.241. The van der Waals surface area contributed by atoms with Crippen molar-refractivity contribution in [2.45, 2.75) is 31.4 Å². The Morgan fingerprint density at radius 3 is 2.76 bits per heavy atom. The van der Waals surface area contributed by atoms with Crippen LogP contribution in [0.2, 0.25) is 0 Å². The zero-order chi connectivity index (χ0) is 26.2. The molecule has 2 fully saturated rings. The van der Waals surface area contributed by atoms with Crippen molar-refractivity contribution in [3.05, 3.63) is 88.4 Å². The number of aromatic nitrogens is 1. The summed E-state index contributed by atoms with van der Waals surface area (Å²) in [6.45, 7) is 0.744. The van der Waals surface area contributed by atoms with E-state index >= 15 is 0 Å². The van der Waals surface area contributed by atoms with Gasteiger partial charge in [0.05, 0.1) is 34.9 Å². The number of fused-ring (bicyclic) bond motifs is 1. The molecule has 6 rings (SSSR count). The molecule has 0 atom stereocenters. The van der Waals surface area contributed by atoms with Crippen LogP contribution in [0.15, 0.2) is 54.7 Å². The number of nitrogens with zero attached hydrogens (tertiary/aromatic N) is 3. The molecule has 1 saturated heterocycles. The first-order valence-electron chi connectivity index (χ1n) is 12.4. The summed E-state index contributed by atoms with van der Waals surface area (Å²) in [5.41, 5.74) is 2.00. The number of anilines is 1. The third kappa shape index (κ3) is 4.57. The van der Waals surface area contributed by atoms with Crippen LogP contribution in [-0.2, 0) is 4.74 Å². The monoisotopic (exact) mass is 510 g/mol. The largest absolute Gasteiger partial charge is 0.490 e. The van der Waals surface area contributed by atoms with Crippen molar-refractivity contribution in [2.24, 2.45) is 0 Å². The van der Waals surface area contributed by atoms with Gasteiger partial charge in [-0.05, 0) is 73.4 Å². The molecule has 0 radical (unpaired) electrons. The average Bonchev–Trinajstić information content (AvgIpc) is 3.18. The molecule has 0 unspecified atom stereocenters. The molecule has 3 aromatic rings. The van der Waals surface area contributed by atoms with Crippen molar-refractivity contribution in [3.63, 3.8) is 0 Å². The molecule has 2 aliphatic heterocycles. The number of benzene rings is 2. The molecule has 9 heteroatoms. The second-order valence-corrected chi connectivity index (χ2v) is 9.61. The van der Waals surface area contributed by atoms with Crippen LogP contribution in [0.3, 0.4) is 0 Å². The van der Waals surface area contributed by atoms with Crippen molar-refractivity contribution >= 4 is 29.5 Å². The highest BCUT2D eigenvalue weighted by Gasteiger charge is 2.33. The van der Waals surface area contributed by atoms with E-state index in [4.69, 9.17) is 14.7 Å². The maximum Gasteiger partial charge on any atom is 0.344 e. The molecular weight excluding hydrogens is 487 g/mol. The van der Waals surface area contributed by atoms with E-state index in [9.17, 15) is 14.0 Å². The van der Waals surface area contributed by atoms with Gasteiger partial charge in [-0.1, -0.05) is 6.07 Å². The molecule has 1 aliphatic carbocycles. The van der Waals surface area contributed by atoms with Crippen LogP contribution in [-0.4, -0.2) is 47.0 Å². The normalized spacial score (nSPS) is 17.7. The molecule has 1 saturated carbocycles. The van der Waals surface area contributed by atoms with Gasteiger partial charge in [-0.15, -0.1) is 0 Å². The van der Waals surface area contributed by atoms with Gasteiger partial charge in [0, 0.05) is 24.8 Å². The first-order chi connectivity index (χ1) is 18.5. The minimum atomic E-state index is -0.628. The van der Waals surface area contributed by atoms with Crippen LogP contribution in [0.4, 0.5) is 10.2 Å². The van der Waals surface area contributed by atoms with Gasteiger partial charge < -0.3 is 19.7 Å². The van der Waals surface area contributed by atoms with Gasteiger partial charge in [0.2, 0.25) is 0 Å². The van der Waals surface area contributed by atoms with Crippen molar-refractivity contribution in [1.29, 1.82) is 5.26 Å². The second-order valence-electron chi connectivity index (χ2n) is 9.61. The van der Waals surface area contributed by atoms with E-state index in [1.54, 1.807) is 42.6 Å². The van der Waals surface area contributed by atoms with E-state index in [1.165, 1.54) is 23.1 Å². The Kier molecular flexibility index (Phi) is 6.00. The van der Waals surface area contributed by atoms with E-state index in [2.05, 4.69) is 16.4 Å². The molecule has 190 valence electrons. The number of pyridine rings is 1. The Morgan fingerprint density at radius 1 is 1.16 bits per heavy atom. The lowest BCUT2D eigenvalue weighted by Gasteiger charge is -2.39. The summed E-state index contributed by atoms with van der Waals surface area (Å²) in [6.07, 6.45) is 6.54. The van der Waals surface area contributed by atoms with E-state index in [0.29, 0.717) is 52.7 Å². The number of cyclic esters (lactones) is 1. The molecule has 1 N–H and O–H groups in total. The summed E-state index contributed by atoms with van der Waals surface area (Å²) < 4.78 is 26.1. The molecule has 0 spiro atoms. The number of halogens is 1. The fourth-order valence-corrected chi connectivity index (χ4v) is 4.62. The quantitative estimate of drug-likeness (QED) is 0.482. The number of hydrogen-bond acceptors (Lipinski definition) is 7. The van der Waals surface area contributed by atoms with Gasteiger partial charge in [0.1, 0.15) is 23.1 Å². The average molecular weight is 511 g/mol. The van der Waals surface area contributed by atoms with Crippen LogP contribution >= 0.6 is 0 Å². The number of hydrogen-bond donors (Lipinski definition) is 1. The van der Waals surface area contributed by atoms with Crippen LogP contribution in [0.25, 0.3) is 11.8 Å². The Morgan fingerprint density at radius 2 is 2.00 bits per heavy atom. The summed E-state index contributed by atoms with van der Waals surface area (Å²) in [4.78, 5) is 31.1. The zero-order valence-corrected chi connectivity index (χ0v) is 20.3. The maximum absolute atomic E-state index is 14.7. The number of esters is 1. The SMILES string of the molecule is N#Cc1ccnc(NC2CN(C(=O)c3cc(/C=C4\OC(=O)c5ccc(OC6CCC6)cc54)ccc3F)C2)c1. The molecule has 1 amide bonds. The van der Waals surface area contributed by atoms with Gasteiger partial charge >= 0.3 is 5.97 Å². The van der Waals surface area contributed by atoms with Gasteiger partial charge in [-0.2, -0.15) is 5.26 Å². The summed E-state index contributed by atoms with van der Waals surface area (Å²) in [6, 6.07) is 14.7. The van der Waals surface area contributed by atoms with Gasteiger partial charge in [-0.3, -0.25) is 4.79 Å². The molecule has 8 nitrogen and oxygen atoms in total. The predicted molar refractivity (Wildman–Crippen MR) is 137 cm³/mol.